The van der Waals surface area contributed by atoms with Crippen LogP contribution < -0.4 is 16.8 Å². The normalized spacial score (nSPS) is 16.6. The first-order valence-corrected chi connectivity index (χ1v) is 6.05. The molecule has 0 saturated heterocycles. The van der Waals surface area contributed by atoms with Gasteiger partial charge in [0.15, 0.2) is 0 Å². The molecule has 5 heteroatoms. The van der Waals surface area contributed by atoms with Crippen LogP contribution in [0.2, 0.25) is 5.02 Å². The number of halogens is 1. The van der Waals surface area contributed by atoms with E-state index in [2.05, 4.69) is 5.32 Å². The average Bonchev–Trinajstić information content (AvgIpc) is 3.11. The van der Waals surface area contributed by atoms with Gasteiger partial charge in [-0.05, 0) is 37.0 Å². The van der Waals surface area contributed by atoms with Crippen molar-refractivity contribution >= 4 is 23.2 Å². The van der Waals surface area contributed by atoms with Gasteiger partial charge in [0.2, 0.25) is 0 Å². The molecule has 17 heavy (non-hydrogen) atoms. The van der Waals surface area contributed by atoms with Crippen molar-refractivity contribution in [1.29, 1.82) is 0 Å². The fourth-order valence-electron chi connectivity index (χ4n) is 1.91. The summed E-state index contributed by atoms with van der Waals surface area (Å²) in [6, 6.07) is 5.28. The predicted octanol–water partition coefficient (Wildman–Crippen LogP) is 1.59. The van der Waals surface area contributed by atoms with E-state index in [1.165, 1.54) is 12.8 Å². The van der Waals surface area contributed by atoms with Crippen LogP contribution in [0.15, 0.2) is 18.2 Å². The molecule has 0 heterocycles. The second-order valence-electron chi connectivity index (χ2n) is 4.38. The quantitative estimate of drug-likeness (QED) is 0.745. The van der Waals surface area contributed by atoms with Gasteiger partial charge in [-0.15, -0.1) is 0 Å². The molecule has 0 bridgehead atoms. The molecule has 0 radical (unpaired) electrons. The molecule has 1 aromatic carbocycles. The standard InChI is InChI=1S/C12H16ClN3O/c13-8-3-4-10(9(5-8)12(15)17)16-11(6-14)7-1-2-7/h3-5,7,11,16H,1-2,6,14H2,(H2,15,17). The SMILES string of the molecule is NCC(Nc1ccc(Cl)cc1C(N)=O)C1CC1. The summed E-state index contributed by atoms with van der Waals surface area (Å²) >= 11 is 5.85. The molecule has 92 valence electrons. The Morgan fingerprint density at radius 1 is 1.53 bits per heavy atom. The lowest BCUT2D eigenvalue weighted by Gasteiger charge is -2.19. The van der Waals surface area contributed by atoms with E-state index in [0.29, 0.717) is 28.7 Å². The first-order chi connectivity index (χ1) is 8.11. The summed E-state index contributed by atoms with van der Waals surface area (Å²) < 4.78 is 0. The topological polar surface area (TPSA) is 81.1 Å². The van der Waals surface area contributed by atoms with Gasteiger partial charge in [-0.1, -0.05) is 11.6 Å². The van der Waals surface area contributed by atoms with E-state index in [4.69, 9.17) is 23.1 Å². The molecule has 1 atom stereocenters. The number of amides is 1. The summed E-state index contributed by atoms with van der Waals surface area (Å²) in [5, 5.41) is 3.78. The highest BCUT2D eigenvalue weighted by molar-refractivity contribution is 6.31. The Balaban J connectivity index is 2.21. The number of carbonyl (C=O) groups is 1. The van der Waals surface area contributed by atoms with E-state index in [1.54, 1.807) is 18.2 Å². The van der Waals surface area contributed by atoms with Gasteiger partial charge in [0.1, 0.15) is 0 Å². The molecule has 0 aliphatic heterocycles. The number of hydrogen-bond donors (Lipinski definition) is 3. The summed E-state index contributed by atoms with van der Waals surface area (Å²) in [4.78, 5) is 11.3. The van der Waals surface area contributed by atoms with E-state index in [9.17, 15) is 4.79 Å². The number of carbonyl (C=O) groups excluding carboxylic acids is 1. The highest BCUT2D eigenvalue weighted by atomic mass is 35.5. The van der Waals surface area contributed by atoms with E-state index < -0.39 is 5.91 Å². The van der Waals surface area contributed by atoms with Crippen LogP contribution in [0.4, 0.5) is 5.69 Å². The fourth-order valence-corrected chi connectivity index (χ4v) is 2.09. The number of anilines is 1. The van der Waals surface area contributed by atoms with Crippen molar-refractivity contribution < 1.29 is 4.79 Å². The molecule has 1 aliphatic carbocycles. The summed E-state index contributed by atoms with van der Waals surface area (Å²) in [5.74, 6) is 0.123. The Hall–Kier alpha value is -1.26. The molecule has 5 N–H and O–H groups in total. The Labute approximate surface area is 105 Å². The largest absolute Gasteiger partial charge is 0.380 e. The minimum absolute atomic E-state index is 0.203. The first-order valence-electron chi connectivity index (χ1n) is 5.67. The second kappa shape index (κ2) is 4.94. The maximum absolute atomic E-state index is 11.3. The third kappa shape index (κ3) is 2.90. The van der Waals surface area contributed by atoms with Gasteiger partial charge >= 0.3 is 0 Å². The van der Waals surface area contributed by atoms with Crippen LogP contribution in [-0.4, -0.2) is 18.5 Å². The Morgan fingerprint density at radius 2 is 2.24 bits per heavy atom. The minimum Gasteiger partial charge on any atom is -0.380 e. The van der Waals surface area contributed by atoms with Gasteiger partial charge < -0.3 is 16.8 Å². The summed E-state index contributed by atoms with van der Waals surface area (Å²) in [6.07, 6.45) is 2.38. The van der Waals surface area contributed by atoms with E-state index >= 15 is 0 Å². The average molecular weight is 254 g/mol. The van der Waals surface area contributed by atoms with Gasteiger partial charge in [0, 0.05) is 23.3 Å². The molecule has 4 nitrogen and oxygen atoms in total. The van der Waals surface area contributed by atoms with Gasteiger partial charge in [0.25, 0.3) is 5.91 Å². The third-order valence-corrected chi connectivity index (χ3v) is 3.27. The van der Waals surface area contributed by atoms with Crippen LogP contribution in [0.5, 0.6) is 0 Å². The molecule has 1 fully saturated rings. The van der Waals surface area contributed by atoms with Gasteiger partial charge in [-0.3, -0.25) is 4.79 Å². The summed E-state index contributed by atoms with van der Waals surface area (Å²) in [5.41, 5.74) is 12.2. The van der Waals surface area contributed by atoms with Crippen molar-refractivity contribution in [2.24, 2.45) is 17.4 Å². The molecule has 2 rings (SSSR count). The summed E-state index contributed by atoms with van der Waals surface area (Å²) in [7, 11) is 0. The zero-order valence-corrected chi connectivity index (χ0v) is 10.2. The molecule has 1 unspecified atom stereocenters. The molecular weight excluding hydrogens is 238 g/mol. The third-order valence-electron chi connectivity index (χ3n) is 3.03. The molecule has 1 aliphatic rings. The van der Waals surface area contributed by atoms with Crippen molar-refractivity contribution in [2.75, 3.05) is 11.9 Å². The number of primary amides is 1. The van der Waals surface area contributed by atoms with E-state index in [0.717, 1.165) is 0 Å². The van der Waals surface area contributed by atoms with Crippen molar-refractivity contribution in [2.45, 2.75) is 18.9 Å². The van der Waals surface area contributed by atoms with Gasteiger partial charge in [-0.25, -0.2) is 0 Å². The highest BCUT2D eigenvalue weighted by Gasteiger charge is 2.30. The summed E-state index contributed by atoms with van der Waals surface area (Å²) in [6.45, 7) is 0.547. The number of benzene rings is 1. The van der Waals surface area contributed by atoms with E-state index in [-0.39, 0.29) is 6.04 Å². The van der Waals surface area contributed by atoms with Crippen molar-refractivity contribution in [1.82, 2.24) is 0 Å². The zero-order valence-electron chi connectivity index (χ0n) is 9.45. The van der Waals surface area contributed by atoms with Crippen molar-refractivity contribution in [3.8, 4) is 0 Å². The van der Waals surface area contributed by atoms with Crippen LogP contribution >= 0.6 is 11.6 Å². The molecule has 1 amide bonds. The lowest BCUT2D eigenvalue weighted by atomic mass is 10.1. The highest BCUT2D eigenvalue weighted by Crippen LogP contribution is 2.34. The Kier molecular flexibility index (Phi) is 3.54. The van der Waals surface area contributed by atoms with Crippen molar-refractivity contribution in [3.63, 3.8) is 0 Å². The number of nitrogens with two attached hydrogens (primary N) is 2. The van der Waals surface area contributed by atoms with Crippen LogP contribution in [0.1, 0.15) is 23.2 Å². The monoisotopic (exact) mass is 253 g/mol. The van der Waals surface area contributed by atoms with Crippen LogP contribution in [0.3, 0.4) is 0 Å². The number of nitrogens with one attached hydrogen (secondary N) is 1. The maximum atomic E-state index is 11.3. The zero-order chi connectivity index (χ0) is 12.4. The van der Waals surface area contributed by atoms with Crippen LogP contribution in [0, 0.1) is 5.92 Å². The lowest BCUT2D eigenvalue weighted by Crippen LogP contribution is -2.31. The Morgan fingerprint density at radius 3 is 2.76 bits per heavy atom. The van der Waals surface area contributed by atoms with E-state index in [1.807, 2.05) is 0 Å². The minimum atomic E-state index is -0.485. The first kappa shape index (κ1) is 12.2. The molecule has 0 aromatic heterocycles. The smallest absolute Gasteiger partial charge is 0.250 e. The van der Waals surface area contributed by atoms with Crippen LogP contribution in [0.25, 0.3) is 0 Å². The van der Waals surface area contributed by atoms with Gasteiger partial charge in [-0.2, -0.15) is 0 Å². The number of hydrogen-bond acceptors (Lipinski definition) is 3. The van der Waals surface area contributed by atoms with Crippen molar-refractivity contribution in [3.05, 3.63) is 28.8 Å². The second-order valence-corrected chi connectivity index (χ2v) is 4.81. The molecular formula is C12H16ClN3O. The van der Waals surface area contributed by atoms with Gasteiger partial charge in [0.05, 0.1) is 5.56 Å². The number of rotatable bonds is 5. The Bertz CT molecular complexity index is 432. The fraction of sp³-hybridized carbons (Fsp3) is 0.417. The molecule has 1 aromatic rings. The lowest BCUT2D eigenvalue weighted by molar-refractivity contribution is 0.100. The van der Waals surface area contributed by atoms with Crippen LogP contribution in [-0.2, 0) is 0 Å². The maximum Gasteiger partial charge on any atom is 0.250 e. The predicted molar refractivity (Wildman–Crippen MR) is 69.2 cm³/mol. The molecule has 1 saturated carbocycles. The molecule has 0 spiro atoms.